The van der Waals surface area contributed by atoms with E-state index in [4.69, 9.17) is 18.9 Å². The fraction of sp³-hybridized carbons (Fsp3) is 0.500. The fourth-order valence-electron chi connectivity index (χ4n) is 4.39. The van der Waals surface area contributed by atoms with Gasteiger partial charge in [0, 0.05) is 19.3 Å². The molecule has 172 valence electrons. The Hall–Kier alpha value is -2.09. The number of aliphatic hydroxyl groups excluding tert-OH is 1. The molecule has 6 nitrogen and oxygen atoms in total. The van der Waals surface area contributed by atoms with E-state index < -0.39 is 18.2 Å². The second-order valence-corrected chi connectivity index (χ2v) is 8.63. The Morgan fingerprint density at radius 2 is 1.66 bits per heavy atom. The molecular formula is C26H32O6. The lowest BCUT2D eigenvalue weighted by atomic mass is 9.95. The molecule has 0 unspecified atom stereocenters. The first-order valence-electron chi connectivity index (χ1n) is 11.4. The van der Waals surface area contributed by atoms with E-state index in [1.54, 1.807) is 0 Å². The predicted octanol–water partition coefficient (Wildman–Crippen LogP) is 3.79. The monoisotopic (exact) mass is 440 g/mol. The molecule has 32 heavy (non-hydrogen) atoms. The molecule has 2 saturated heterocycles. The zero-order valence-electron chi connectivity index (χ0n) is 18.4. The number of rotatable bonds is 10. The van der Waals surface area contributed by atoms with Crippen molar-refractivity contribution in [1.82, 2.24) is 0 Å². The van der Waals surface area contributed by atoms with Crippen LogP contribution in [-0.2, 0) is 36.8 Å². The largest absolute Gasteiger partial charge is 0.393 e. The van der Waals surface area contributed by atoms with Crippen LogP contribution in [0.1, 0.15) is 43.2 Å². The molecule has 2 fully saturated rings. The summed E-state index contributed by atoms with van der Waals surface area (Å²) in [5.41, 5.74) is 2.21. The van der Waals surface area contributed by atoms with E-state index in [0.29, 0.717) is 39.1 Å². The molecule has 0 aromatic heterocycles. The number of hydrogen-bond donors (Lipinski definition) is 1. The Bertz CT molecular complexity index is 834. The van der Waals surface area contributed by atoms with Crippen molar-refractivity contribution in [1.29, 1.82) is 0 Å². The van der Waals surface area contributed by atoms with E-state index in [9.17, 15) is 9.90 Å². The zero-order valence-corrected chi connectivity index (χ0v) is 18.4. The maximum absolute atomic E-state index is 12.7. The van der Waals surface area contributed by atoms with Crippen LogP contribution in [-0.4, -0.2) is 48.4 Å². The van der Waals surface area contributed by atoms with E-state index >= 15 is 0 Å². The third-order valence-electron chi connectivity index (χ3n) is 5.98. The second-order valence-electron chi connectivity index (χ2n) is 8.63. The van der Waals surface area contributed by atoms with Gasteiger partial charge in [0.1, 0.15) is 5.78 Å². The maximum atomic E-state index is 12.7. The Balaban J connectivity index is 1.28. The Morgan fingerprint density at radius 1 is 1.00 bits per heavy atom. The SMILES string of the molecule is O=C(C[C@H](O)CCc1ccccc1)C[C@H]1CC2(C[C@H](OCc3ccccc3)O1)OCCO2. The highest BCUT2D eigenvalue weighted by Crippen LogP contribution is 2.38. The van der Waals surface area contributed by atoms with Crippen molar-refractivity contribution < 1.29 is 28.8 Å². The van der Waals surface area contributed by atoms with E-state index in [0.717, 1.165) is 17.5 Å². The molecule has 2 aromatic carbocycles. The highest BCUT2D eigenvalue weighted by Gasteiger charge is 2.46. The zero-order chi connectivity index (χ0) is 22.2. The normalized spacial score (nSPS) is 23.3. The lowest BCUT2D eigenvalue weighted by molar-refractivity contribution is -0.295. The molecular weight excluding hydrogens is 408 g/mol. The van der Waals surface area contributed by atoms with Crippen molar-refractivity contribution in [3.05, 3.63) is 71.8 Å². The minimum absolute atomic E-state index is 0.0209. The van der Waals surface area contributed by atoms with Crippen molar-refractivity contribution in [2.75, 3.05) is 13.2 Å². The van der Waals surface area contributed by atoms with E-state index in [2.05, 4.69) is 0 Å². The summed E-state index contributed by atoms with van der Waals surface area (Å²) < 4.78 is 23.9. The van der Waals surface area contributed by atoms with Gasteiger partial charge in [-0.3, -0.25) is 4.79 Å². The molecule has 2 aromatic rings. The van der Waals surface area contributed by atoms with Crippen molar-refractivity contribution >= 4 is 5.78 Å². The third-order valence-corrected chi connectivity index (χ3v) is 5.98. The van der Waals surface area contributed by atoms with Gasteiger partial charge in [-0.1, -0.05) is 60.7 Å². The Labute approximate surface area is 189 Å². The van der Waals surface area contributed by atoms with Crippen LogP contribution in [0.5, 0.6) is 0 Å². The number of ketones is 1. The summed E-state index contributed by atoms with van der Waals surface area (Å²) in [7, 11) is 0. The highest BCUT2D eigenvalue weighted by molar-refractivity contribution is 5.79. The maximum Gasteiger partial charge on any atom is 0.175 e. The first-order valence-corrected chi connectivity index (χ1v) is 11.4. The van der Waals surface area contributed by atoms with Gasteiger partial charge in [0.2, 0.25) is 0 Å². The quantitative estimate of drug-likeness (QED) is 0.606. The Morgan fingerprint density at radius 3 is 2.34 bits per heavy atom. The van der Waals surface area contributed by atoms with Crippen LogP contribution in [0.25, 0.3) is 0 Å². The van der Waals surface area contributed by atoms with Gasteiger partial charge in [0.15, 0.2) is 12.1 Å². The van der Waals surface area contributed by atoms with Crippen LogP contribution in [0.3, 0.4) is 0 Å². The van der Waals surface area contributed by atoms with Crippen molar-refractivity contribution in [3.63, 3.8) is 0 Å². The van der Waals surface area contributed by atoms with Gasteiger partial charge in [-0.2, -0.15) is 0 Å². The number of Topliss-reactive ketones (excluding diaryl/α,β-unsaturated/α-hetero) is 1. The smallest absolute Gasteiger partial charge is 0.175 e. The molecule has 2 aliphatic rings. The van der Waals surface area contributed by atoms with Crippen molar-refractivity contribution in [3.8, 4) is 0 Å². The Kier molecular flexibility index (Phi) is 8.05. The molecule has 0 radical (unpaired) electrons. The summed E-state index contributed by atoms with van der Waals surface area (Å²) in [6, 6.07) is 19.9. The first-order chi connectivity index (χ1) is 15.6. The number of ether oxygens (including phenoxy) is 4. The van der Waals surface area contributed by atoms with E-state index in [-0.39, 0.29) is 24.7 Å². The van der Waals surface area contributed by atoms with Gasteiger partial charge < -0.3 is 24.1 Å². The molecule has 2 aliphatic heterocycles. The lowest BCUT2D eigenvalue weighted by Crippen LogP contribution is -2.47. The fourth-order valence-corrected chi connectivity index (χ4v) is 4.39. The summed E-state index contributed by atoms with van der Waals surface area (Å²) in [5, 5.41) is 10.3. The molecule has 0 aliphatic carbocycles. The molecule has 2 heterocycles. The van der Waals surface area contributed by atoms with Crippen LogP contribution in [0, 0.1) is 0 Å². The van der Waals surface area contributed by atoms with Gasteiger partial charge in [-0.15, -0.1) is 0 Å². The number of benzene rings is 2. The predicted molar refractivity (Wildman–Crippen MR) is 119 cm³/mol. The molecule has 3 atom stereocenters. The minimum atomic E-state index is -0.753. The highest BCUT2D eigenvalue weighted by atomic mass is 16.8. The van der Waals surface area contributed by atoms with E-state index in [1.807, 2.05) is 60.7 Å². The molecule has 1 N–H and O–H groups in total. The van der Waals surface area contributed by atoms with Gasteiger partial charge in [0.05, 0.1) is 38.4 Å². The summed E-state index contributed by atoms with van der Waals surface area (Å²) >= 11 is 0. The van der Waals surface area contributed by atoms with Gasteiger partial charge >= 0.3 is 0 Å². The number of aliphatic hydroxyl groups is 1. The van der Waals surface area contributed by atoms with Crippen molar-refractivity contribution in [2.24, 2.45) is 0 Å². The molecule has 0 bridgehead atoms. The third kappa shape index (κ3) is 6.70. The molecule has 0 saturated carbocycles. The van der Waals surface area contributed by atoms with Gasteiger partial charge in [0.25, 0.3) is 0 Å². The topological polar surface area (TPSA) is 74.2 Å². The van der Waals surface area contributed by atoms with E-state index in [1.165, 1.54) is 0 Å². The summed E-state index contributed by atoms with van der Waals surface area (Å²) in [4.78, 5) is 12.7. The second kappa shape index (κ2) is 11.2. The summed E-state index contributed by atoms with van der Waals surface area (Å²) in [5.74, 6) is -0.774. The average molecular weight is 441 g/mol. The standard InChI is InChI=1S/C26H32O6/c27-22(12-11-20-7-3-1-4-8-20)15-23(28)16-24-17-26(30-13-14-31-26)18-25(32-24)29-19-21-9-5-2-6-10-21/h1-10,22,24-25,27H,11-19H2/t22-,24+,25-/m1/s1. The lowest BCUT2D eigenvalue weighted by Gasteiger charge is -2.40. The number of aryl methyl sites for hydroxylation is 1. The van der Waals surface area contributed by atoms with Crippen LogP contribution in [0.4, 0.5) is 0 Å². The van der Waals surface area contributed by atoms with Gasteiger partial charge in [-0.05, 0) is 24.0 Å². The molecule has 1 spiro atoms. The number of hydrogen-bond acceptors (Lipinski definition) is 6. The van der Waals surface area contributed by atoms with Crippen LogP contribution in [0.15, 0.2) is 60.7 Å². The van der Waals surface area contributed by atoms with Crippen LogP contribution in [0.2, 0.25) is 0 Å². The van der Waals surface area contributed by atoms with Gasteiger partial charge in [-0.25, -0.2) is 0 Å². The van der Waals surface area contributed by atoms with Crippen molar-refractivity contribution in [2.45, 2.75) is 69.4 Å². The number of carbonyl (C=O) groups excluding carboxylic acids is 1. The molecule has 4 rings (SSSR count). The summed E-state index contributed by atoms with van der Waals surface area (Å²) in [6.07, 6.45) is 1.06. The first kappa shape index (κ1) is 23.1. The van der Waals surface area contributed by atoms with Crippen LogP contribution < -0.4 is 0 Å². The summed E-state index contributed by atoms with van der Waals surface area (Å²) in [6.45, 7) is 1.48. The minimum Gasteiger partial charge on any atom is -0.393 e. The molecule has 6 heteroatoms. The number of carbonyl (C=O) groups is 1. The molecule has 0 amide bonds. The average Bonchev–Trinajstić information content (AvgIpc) is 3.24. The van der Waals surface area contributed by atoms with Crippen LogP contribution >= 0.6 is 0 Å².